The van der Waals surface area contributed by atoms with Gasteiger partial charge in [0.05, 0.1) is 22.4 Å². The Bertz CT molecular complexity index is 1650. The Morgan fingerprint density at radius 1 is 1.18 bits per heavy atom. The van der Waals surface area contributed by atoms with Gasteiger partial charge < -0.3 is 15.0 Å². The molecule has 10 nitrogen and oxygen atoms in total. The molecule has 4 aromatic rings. The second-order valence-electron chi connectivity index (χ2n) is 10.1. The van der Waals surface area contributed by atoms with Gasteiger partial charge in [-0.05, 0) is 72.4 Å². The molecule has 3 aliphatic rings. The second-order valence-corrected chi connectivity index (χ2v) is 10.5. The van der Waals surface area contributed by atoms with Crippen LogP contribution in [0.3, 0.4) is 0 Å². The highest BCUT2D eigenvalue weighted by Gasteiger charge is 2.44. The van der Waals surface area contributed by atoms with Crippen LogP contribution in [0.5, 0.6) is 0 Å². The first kappa shape index (κ1) is 24.0. The molecule has 0 unspecified atom stereocenters. The summed E-state index contributed by atoms with van der Waals surface area (Å²) in [6.45, 7) is 0. The van der Waals surface area contributed by atoms with E-state index in [2.05, 4.69) is 30.5 Å². The van der Waals surface area contributed by atoms with E-state index in [9.17, 15) is 9.90 Å². The molecule has 198 valence electrons. The lowest BCUT2D eigenvalue weighted by Gasteiger charge is -2.33. The minimum atomic E-state index is -0.957. The number of tetrazole rings is 1. The van der Waals surface area contributed by atoms with Gasteiger partial charge in [-0.2, -0.15) is 9.07 Å². The van der Waals surface area contributed by atoms with Crippen LogP contribution in [0.1, 0.15) is 55.2 Å². The summed E-state index contributed by atoms with van der Waals surface area (Å²) in [5, 5.41) is 21.4. The van der Waals surface area contributed by atoms with E-state index in [1.165, 1.54) is 29.3 Å². The van der Waals surface area contributed by atoms with Gasteiger partial charge in [-0.3, -0.25) is 9.78 Å². The van der Waals surface area contributed by atoms with Crippen LogP contribution in [0, 0.1) is 11.8 Å². The van der Waals surface area contributed by atoms with Crippen molar-refractivity contribution < 1.29 is 18.7 Å². The fourth-order valence-electron chi connectivity index (χ4n) is 5.63. The van der Waals surface area contributed by atoms with Crippen molar-refractivity contribution in [3.05, 3.63) is 76.7 Å². The van der Waals surface area contributed by atoms with Crippen LogP contribution in [0.15, 0.2) is 42.9 Å². The molecule has 3 aromatic heterocycles. The first-order chi connectivity index (χ1) is 18.8. The number of halogens is 3. The zero-order valence-corrected chi connectivity index (χ0v) is 21.1. The average molecular weight is 551 g/mol. The zero-order chi connectivity index (χ0) is 26.9. The molecule has 0 spiro atoms. The number of carbonyl (C=O) groups is 1. The van der Waals surface area contributed by atoms with Gasteiger partial charge in [0.15, 0.2) is 5.82 Å². The molecule has 5 heterocycles. The normalized spacial score (nSPS) is 21.7. The third-order valence-corrected chi connectivity index (χ3v) is 8.02. The molecule has 1 saturated carbocycles. The number of aliphatic hydroxyl groups is 1. The van der Waals surface area contributed by atoms with Crippen molar-refractivity contribution in [1.29, 1.82) is 0 Å². The molecule has 7 rings (SSSR count). The van der Waals surface area contributed by atoms with E-state index in [0.717, 1.165) is 0 Å². The van der Waals surface area contributed by atoms with Crippen molar-refractivity contribution >= 4 is 23.1 Å². The predicted octanol–water partition coefficient (Wildman–Crippen LogP) is 3.88. The monoisotopic (exact) mass is 550 g/mol. The van der Waals surface area contributed by atoms with E-state index in [4.69, 9.17) is 11.6 Å². The minimum Gasteiger partial charge on any atom is -0.384 e. The number of aromatic nitrogens is 7. The van der Waals surface area contributed by atoms with Crippen molar-refractivity contribution in [2.45, 2.75) is 49.8 Å². The van der Waals surface area contributed by atoms with Gasteiger partial charge in [0, 0.05) is 29.4 Å². The molecule has 2 N–H and O–H groups in total. The lowest BCUT2D eigenvalue weighted by atomic mass is 9.92. The largest absolute Gasteiger partial charge is 0.384 e. The molecule has 2 aliphatic heterocycles. The van der Waals surface area contributed by atoms with Crippen LogP contribution in [-0.4, -0.2) is 57.1 Å². The number of carbonyl (C=O) groups excluding carboxylic acids is 1. The Morgan fingerprint density at radius 2 is 2.03 bits per heavy atom. The first-order valence-corrected chi connectivity index (χ1v) is 12.9. The van der Waals surface area contributed by atoms with E-state index in [-0.39, 0.29) is 28.2 Å². The van der Waals surface area contributed by atoms with Gasteiger partial charge in [-0.25, -0.2) is 9.37 Å². The number of imidazole rings is 1. The van der Waals surface area contributed by atoms with E-state index in [1.807, 2.05) is 0 Å². The van der Waals surface area contributed by atoms with Crippen molar-refractivity contribution in [2.24, 2.45) is 0 Å². The van der Waals surface area contributed by atoms with Crippen LogP contribution < -0.4 is 0 Å². The van der Waals surface area contributed by atoms with Gasteiger partial charge in [0.1, 0.15) is 23.4 Å². The fraction of sp³-hybridized carbons (Fsp3) is 0.308. The van der Waals surface area contributed by atoms with E-state index < -0.39 is 23.4 Å². The minimum absolute atomic E-state index is 0.0754. The molecule has 0 radical (unpaired) electrons. The Morgan fingerprint density at radius 3 is 2.79 bits per heavy atom. The Hall–Kier alpha value is -4.03. The number of fused-ring (bicyclic) bond motifs is 1. The van der Waals surface area contributed by atoms with E-state index in [0.29, 0.717) is 60.4 Å². The lowest BCUT2D eigenvalue weighted by molar-refractivity contribution is -0.129. The molecule has 39 heavy (non-hydrogen) atoms. The number of pyridine rings is 1. The van der Waals surface area contributed by atoms with Crippen LogP contribution in [-0.2, 0) is 10.4 Å². The Kier molecular flexibility index (Phi) is 5.39. The molecule has 1 aromatic carbocycles. The highest BCUT2D eigenvalue weighted by molar-refractivity contribution is 6.31. The van der Waals surface area contributed by atoms with Crippen molar-refractivity contribution in [3.8, 4) is 16.9 Å². The summed E-state index contributed by atoms with van der Waals surface area (Å²) in [4.78, 5) is 26.6. The summed E-state index contributed by atoms with van der Waals surface area (Å²) in [6, 6.07) is 5.59. The number of nitrogens with zero attached hydrogens (tertiary/aromatic N) is 7. The zero-order valence-electron chi connectivity index (χ0n) is 20.4. The predicted molar refractivity (Wildman–Crippen MR) is 134 cm³/mol. The number of nitrogens with one attached hydrogen (secondary N) is 1. The van der Waals surface area contributed by atoms with Gasteiger partial charge in [-0.15, -0.1) is 5.10 Å². The van der Waals surface area contributed by atoms with Crippen LogP contribution >= 0.6 is 11.6 Å². The van der Waals surface area contributed by atoms with Crippen molar-refractivity contribution in [2.75, 3.05) is 0 Å². The van der Waals surface area contributed by atoms with Gasteiger partial charge in [0.2, 0.25) is 11.9 Å². The third kappa shape index (κ3) is 3.93. The molecular weight excluding hydrogens is 530 g/mol. The highest BCUT2D eigenvalue weighted by Crippen LogP contribution is 2.46. The van der Waals surface area contributed by atoms with Crippen molar-refractivity contribution in [3.63, 3.8) is 0 Å². The molecule has 13 heteroatoms. The summed E-state index contributed by atoms with van der Waals surface area (Å²) >= 11 is 6.10. The Labute approximate surface area is 225 Å². The number of benzene rings is 1. The third-order valence-electron chi connectivity index (χ3n) is 7.73. The lowest BCUT2D eigenvalue weighted by Crippen LogP contribution is -2.39. The van der Waals surface area contributed by atoms with Crippen molar-refractivity contribution in [1.82, 2.24) is 40.1 Å². The fourth-order valence-corrected chi connectivity index (χ4v) is 5.79. The summed E-state index contributed by atoms with van der Waals surface area (Å²) in [5.74, 6) is -1.27. The summed E-state index contributed by atoms with van der Waals surface area (Å²) in [6.07, 6.45) is 7.05. The number of hydrogen-bond acceptors (Lipinski definition) is 7. The standard InChI is InChI=1S/C26H21ClF2N8O2/c27-16-2-4-17(36-12-31-34-35-36)21(22(16)28)14-9-15-1-3-18(37(15)20(38)11-14)25-32-23(24(29)33-25)13-5-8-30-19(10-13)26(39)6-7-26/h2,4-5,8,10-12,15,18,39H,1,3,6-7,9H2,(H,32,33)/t15-,18-/m1/s1. The average Bonchev–Trinajstić information content (AvgIpc) is 3.31. The van der Waals surface area contributed by atoms with E-state index >= 15 is 8.78 Å². The number of H-pyrrole nitrogens is 1. The molecule has 1 saturated heterocycles. The number of hydrogen-bond donors (Lipinski definition) is 2. The topological polar surface area (TPSA) is 126 Å². The first-order valence-electron chi connectivity index (χ1n) is 12.5. The van der Waals surface area contributed by atoms with Gasteiger partial charge in [0.25, 0.3) is 0 Å². The summed E-state index contributed by atoms with van der Waals surface area (Å²) in [7, 11) is 0. The molecule has 2 atom stereocenters. The highest BCUT2D eigenvalue weighted by atomic mass is 35.5. The van der Waals surface area contributed by atoms with Crippen LogP contribution in [0.4, 0.5) is 8.78 Å². The SMILES string of the molecule is O=C1C=C(c2c(-n3cnnn3)ccc(Cl)c2F)C[C@H]2CC[C@H](c3nc(-c4ccnc(C5(O)CC5)c4)c(F)[nH]3)N12. The number of rotatable bonds is 5. The number of aromatic amines is 1. The molecule has 2 fully saturated rings. The quantitative estimate of drug-likeness (QED) is 0.386. The molecule has 0 bridgehead atoms. The smallest absolute Gasteiger partial charge is 0.247 e. The van der Waals surface area contributed by atoms with Crippen LogP contribution in [0.25, 0.3) is 22.5 Å². The summed E-state index contributed by atoms with van der Waals surface area (Å²) < 4.78 is 31.7. The Balaban J connectivity index is 1.21. The van der Waals surface area contributed by atoms with Gasteiger partial charge >= 0.3 is 0 Å². The maximum absolute atomic E-state index is 15.3. The number of amides is 1. The molecular formula is C26H21ClF2N8O2. The maximum Gasteiger partial charge on any atom is 0.247 e. The second kappa shape index (κ2) is 8.75. The maximum atomic E-state index is 15.3. The molecule has 1 amide bonds. The molecule has 1 aliphatic carbocycles. The van der Waals surface area contributed by atoms with Crippen LogP contribution in [0.2, 0.25) is 5.02 Å². The summed E-state index contributed by atoms with van der Waals surface area (Å²) in [5.41, 5.74) is 1.16. The van der Waals surface area contributed by atoms with Gasteiger partial charge in [-0.1, -0.05) is 11.6 Å². The van der Waals surface area contributed by atoms with E-state index in [1.54, 1.807) is 23.1 Å².